The monoisotopic (exact) mass is 265 g/mol. The lowest BCUT2D eigenvalue weighted by atomic mass is 9.81. The Hall–Kier alpha value is -1.88. The smallest absolute Gasteiger partial charge is 0.313 e. The molecule has 5 nitrogen and oxygen atoms in total. The molecule has 0 saturated carbocycles. The summed E-state index contributed by atoms with van der Waals surface area (Å²) >= 11 is 0. The number of methoxy groups -OCH3 is 1. The zero-order valence-corrected chi connectivity index (χ0v) is 11.6. The standard InChI is InChI=1S/C14H19NO4/c1-9(16)19-11-7-5-6-10(8-11)12(15)14(2,3)13(17)18-4/h5-8,12H,15H2,1-4H3/t12-/m0/s1. The van der Waals surface area contributed by atoms with E-state index in [0.29, 0.717) is 11.3 Å². The molecular weight excluding hydrogens is 246 g/mol. The van der Waals surface area contributed by atoms with Crippen LogP contribution in [-0.4, -0.2) is 19.0 Å². The summed E-state index contributed by atoms with van der Waals surface area (Å²) in [5, 5.41) is 0. The molecule has 0 aliphatic heterocycles. The highest BCUT2D eigenvalue weighted by Crippen LogP contribution is 2.33. The summed E-state index contributed by atoms with van der Waals surface area (Å²) < 4.78 is 9.74. The molecule has 0 fully saturated rings. The van der Waals surface area contributed by atoms with Crippen molar-refractivity contribution in [1.82, 2.24) is 0 Å². The number of benzene rings is 1. The zero-order chi connectivity index (χ0) is 14.6. The van der Waals surface area contributed by atoms with E-state index < -0.39 is 23.4 Å². The number of nitrogens with two attached hydrogens (primary N) is 1. The summed E-state index contributed by atoms with van der Waals surface area (Å²) in [4.78, 5) is 22.6. The van der Waals surface area contributed by atoms with Gasteiger partial charge in [-0.15, -0.1) is 0 Å². The topological polar surface area (TPSA) is 78.6 Å². The molecule has 1 atom stereocenters. The molecule has 0 radical (unpaired) electrons. The average molecular weight is 265 g/mol. The van der Waals surface area contributed by atoms with Crippen LogP contribution in [0.2, 0.25) is 0 Å². The summed E-state index contributed by atoms with van der Waals surface area (Å²) in [6.07, 6.45) is 0. The van der Waals surface area contributed by atoms with Crippen LogP contribution in [0.5, 0.6) is 5.75 Å². The third-order valence-corrected chi connectivity index (χ3v) is 2.97. The van der Waals surface area contributed by atoms with Crippen molar-refractivity contribution in [1.29, 1.82) is 0 Å². The van der Waals surface area contributed by atoms with Crippen molar-refractivity contribution in [2.24, 2.45) is 11.1 Å². The van der Waals surface area contributed by atoms with Crippen molar-refractivity contribution in [3.05, 3.63) is 29.8 Å². The summed E-state index contributed by atoms with van der Waals surface area (Å²) in [5.41, 5.74) is 5.94. The van der Waals surface area contributed by atoms with E-state index in [-0.39, 0.29) is 0 Å². The van der Waals surface area contributed by atoms with Crippen LogP contribution < -0.4 is 10.5 Å². The van der Waals surface area contributed by atoms with Gasteiger partial charge in [-0.25, -0.2) is 0 Å². The van der Waals surface area contributed by atoms with Gasteiger partial charge in [-0.05, 0) is 31.5 Å². The maximum absolute atomic E-state index is 11.7. The molecule has 0 amide bonds. The summed E-state index contributed by atoms with van der Waals surface area (Å²) in [7, 11) is 1.33. The average Bonchev–Trinajstić information content (AvgIpc) is 2.36. The number of ether oxygens (including phenoxy) is 2. The minimum Gasteiger partial charge on any atom is -0.469 e. The minimum atomic E-state index is -0.871. The number of rotatable bonds is 4. The predicted octanol–water partition coefficient (Wildman–Crippen LogP) is 1.81. The third kappa shape index (κ3) is 3.54. The number of hydrogen-bond donors (Lipinski definition) is 1. The molecule has 0 heterocycles. The van der Waals surface area contributed by atoms with Crippen molar-refractivity contribution >= 4 is 11.9 Å². The Morgan fingerprint density at radius 3 is 2.47 bits per heavy atom. The first-order chi connectivity index (χ1) is 8.78. The molecule has 0 unspecified atom stereocenters. The molecule has 0 aromatic heterocycles. The van der Waals surface area contributed by atoms with Gasteiger partial charge in [0.1, 0.15) is 5.75 Å². The van der Waals surface area contributed by atoms with Crippen LogP contribution >= 0.6 is 0 Å². The van der Waals surface area contributed by atoms with Gasteiger partial charge in [0.05, 0.1) is 12.5 Å². The number of carbonyl (C=O) groups is 2. The summed E-state index contributed by atoms with van der Waals surface area (Å²) in [6, 6.07) is 6.25. The minimum absolute atomic E-state index is 0.391. The highest BCUT2D eigenvalue weighted by atomic mass is 16.5. The molecule has 0 aliphatic rings. The number of esters is 2. The van der Waals surface area contributed by atoms with Gasteiger partial charge in [0, 0.05) is 13.0 Å². The molecule has 1 aromatic rings. The summed E-state index contributed by atoms with van der Waals surface area (Å²) in [5.74, 6) is -0.392. The van der Waals surface area contributed by atoms with Gasteiger partial charge in [-0.3, -0.25) is 9.59 Å². The molecule has 0 saturated heterocycles. The van der Waals surface area contributed by atoms with E-state index >= 15 is 0 Å². The van der Waals surface area contributed by atoms with E-state index in [1.807, 2.05) is 0 Å². The molecule has 5 heteroatoms. The quantitative estimate of drug-likeness (QED) is 0.663. The predicted molar refractivity (Wildman–Crippen MR) is 70.5 cm³/mol. The molecule has 0 aliphatic carbocycles. The molecular formula is C14H19NO4. The third-order valence-electron chi connectivity index (χ3n) is 2.97. The zero-order valence-electron chi connectivity index (χ0n) is 11.6. The molecule has 1 aromatic carbocycles. The van der Waals surface area contributed by atoms with Crippen molar-refractivity contribution in [2.45, 2.75) is 26.8 Å². The van der Waals surface area contributed by atoms with Gasteiger partial charge in [-0.2, -0.15) is 0 Å². The van der Waals surface area contributed by atoms with Crippen LogP contribution in [0.15, 0.2) is 24.3 Å². The first-order valence-electron chi connectivity index (χ1n) is 5.91. The van der Waals surface area contributed by atoms with E-state index in [1.165, 1.54) is 14.0 Å². The van der Waals surface area contributed by atoms with E-state index in [0.717, 1.165) is 0 Å². The van der Waals surface area contributed by atoms with Gasteiger partial charge < -0.3 is 15.2 Å². The normalized spacial score (nSPS) is 12.7. The second-order valence-electron chi connectivity index (χ2n) is 4.86. The Balaban J connectivity index is 3.02. The Kier molecular flexibility index (Phi) is 4.67. The second-order valence-corrected chi connectivity index (χ2v) is 4.86. The van der Waals surface area contributed by atoms with Gasteiger partial charge in [0.2, 0.25) is 0 Å². The van der Waals surface area contributed by atoms with Gasteiger partial charge >= 0.3 is 11.9 Å². The fourth-order valence-electron chi connectivity index (χ4n) is 1.74. The molecule has 104 valence electrons. The van der Waals surface area contributed by atoms with E-state index in [1.54, 1.807) is 38.1 Å². The highest BCUT2D eigenvalue weighted by Gasteiger charge is 2.36. The van der Waals surface area contributed by atoms with Crippen molar-refractivity contribution < 1.29 is 19.1 Å². The van der Waals surface area contributed by atoms with Crippen LogP contribution in [0.3, 0.4) is 0 Å². The van der Waals surface area contributed by atoms with E-state index in [4.69, 9.17) is 15.2 Å². The lowest BCUT2D eigenvalue weighted by Gasteiger charge is -2.29. The number of carbonyl (C=O) groups excluding carboxylic acids is 2. The highest BCUT2D eigenvalue weighted by molar-refractivity contribution is 5.77. The van der Waals surface area contributed by atoms with E-state index in [2.05, 4.69) is 0 Å². The Morgan fingerprint density at radius 2 is 1.95 bits per heavy atom. The largest absolute Gasteiger partial charge is 0.469 e. The van der Waals surface area contributed by atoms with Crippen LogP contribution in [0.1, 0.15) is 32.4 Å². The fraction of sp³-hybridized carbons (Fsp3) is 0.429. The van der Waals surface area contributed by atoms with Crippen LogP contribution in [0, 0.1) is 5.41 Å². The van der Waals surface area contributed by atoms with Crippen LogP contribution in [0.25, 0.3) is 0 Å². The van der Waals surface area contributed by atoms with Gasteiger partial charge in [0.25, 0.3) is 0 Å². The number of hydrogen-bond acceptors (Lipinski definition) is 5. The van der Waals surface area contributed by atoms with Crippen molar-refractivity contribution in [3.8, 4) is 5.75 Å². The first kappa shape index (κ1) is 15.2. The molecule has 2 N–H and O–H groups in total. The SMILES string of the molecule is COC(=O)C(C)(C)[C@@H](N)c1cccc(OC(C)=O)c1. The fourth-order valence-corrected chi connectivity index (χ4v) is 1.74. The Bertz CT molecular complexity index is 482. The van der Waals surface area contributed by atoms with Gasteiger partial charge in [0.15, 0.2) is 0 Å². The lowest BCUT2D eigenvalue weighted by molar-refractivity contribution is -0.152. The van der Waals surface area contributed by atoms with Crippen molar-refractivity contribution in [2.75, 3.05) is 7.11 Å². The Labute approximate surface area is 112 Å². The van der Waals surface area contributed by atoms with Crippen molar-refractivity contribution in [3.63, 3.8) is 0 Å². The molecule has 0 bridgehead atoms. The second kappa shape index (κ2) is 5.84. The first-order valence-corrected chi connectivity index (χ1v) is 5.91. The molecule has 19 heavy (non-hydrogen) atoms. The summed E-state index contributed by atoms with van der Waals surface area (Å²) in [6.45, 7) is 4.75. The maximum Gasteiger partial charge on any atom is 0.313 e. The Morgan fingerprint density at radius 1 is 1.32 bits per heavy atom. The van der Waals surface area contributed by atoms with E-state index in [9.17, 15) is 9.59 Å². The molecule has 1 rings (SSSR count). The molecule has 0 spiro atoms. The lowest BCUT2D eigenvalue weighted by Crippen LogP contribution is -2.37. The van der Waals surface area contributed by atoms with Crippen LogP contribution in [0.4, 0.5) is 0 Å². The van der Waals surface area contributed by atoms with Gasteiger partial charge in [-0.1, -0.05) is 12.1 Å². The maximum atomic E-state index is 11.7. The van der Waals surface area contributed by atoms with Crippen LogP contribution in [-0.2, 0) is 14.3 Å².